The van der Waals surface area contributed by atoms with Crippen molar-refractivity contribution < 1.29 is 4.79 Å². The number of nitrogens with one attached hydrogen (secondary N) is 1. The highest BCUT2D eigenvalue weighted by molar-refractivity contribution is 5.86. The van der Waals surface area contributed by atoms with Crippen molar-refractivity contribution in [2.75, 3.05) is 0 Å². The Morgan fingerprint density at radius 1 is 1.33 bits per heavy atom. The molecule has 0 saturated carbocycles. The summed E-state index contributed by atoms with van der Waals surface area (Å²) in [6, 6.07) is 9.94. The van der Waals surface area contributed by atoms with Gasteiger partial charge in [0, 0.05) is 0 Å². The summed E-state index contributed by atoms with van der Waals surface area (Å²) in [4.78, 5) is 11.4. The molecule has 0 aliphatic heterocycles. The molecule has 2 nitrogen and oxygen atoms in total. The maximum Gasteiger partial charge on any atom is 0.224 e. The molecule has 1 amide bonds. The van der Waals surface area contributed by atoms with Crippen molar-refractivity contribution in [2.45, 2.75) is 19.9 Å². The minimum atomic E-state index is -0.0653. The number of carbonyl (C=O) groups is 1. The lowest BCUT2D eigenvalue weighted by molar-refractivity contribution is -0.118. The van der Waals surface area contributed by atoms with Crippen LogP contribution >= 0.6 is 0 Å². The predicted molar refractivity (Wildman–Crippen MR) is 61.6 cm³/mol. The second kappa shape index (κ2) is 6.23. The highest BCUT2D eigenvalue weighted by atomic mass is 16.1. The molecule has 2 heteroatoms. The Labute approximate surface area is 91.7 Å². The van der Waals surface area contributed by atoms with Gasteiger partial charge in [-0.25, -0.2) is 0 Å². The van der Waals surface area contributed by atoms with Gasteiger partial charge in [-0.3, -0.25) is 4.79 Å². The molecular formula is C13H16NO. The lowest BCUT2D eigenvalue weighted by Crippen LogP contribution is -2.26. The molecule has 1 N–H and O–H groups in total. The van der Waals surface area contributed by atoms with Crippen LogP contribution in [-0.4, -0.2) is 5.91 Å². The molecule has 0 aliphatic rings. The van der Waals surface area contributed by atoms with E-state index in [1.807, 2.05) is 50.6 Å². The maximum atomic E-state index is 11.4. The second-order valence-corrected chi connectivity index (χ2v) is 3.33. The van der Waals surface area contributed by atoms with E-state index in [0.29, 0.717) is 0 Å². The molecular weight excluding hydrogens is 186 g/mol. The average Bonchev–Trinajstić information content (AvgIpc) is 2.27. The zero-order chi connectivity index (χ0) is 11.1. The van der Waals surface area contributed by atoms with Gasteiger partial charge in [-0.1, -0.05) is 37.3 Å². The van der Waals surface area contributed by atoms with Gasteiger partial charge in [-0.05, 0) is 25.3 Å². The fourth-order valence-corrected chi connectivity index (χ4v) is 1.27. The van der Waals surface area contributed by atoms with Gasteiger partial charge >= 0.3 is 0 Å². The molecule has 0 unspecified atom stereocenters. The normalized spacial score (nSPS) is 12.1. The Morgan fingerprint density at radius 3 is 2.60 bits per heavy atom. The van der Waals surface area contributed by atoms with E-state index in [1.54, 1.807) is 6.42 Å². The Hall–Kier alpha value is -1.31. The van der Waals surface area contributed by atoms with E-state index in [4.69, 9.17) is 0 Å². The van der Waals surface area contributed by atoms with Gasteiger partial charge in [0.25, 0.3) is 0 Å². The van der Waals surface area contributed by atoms with Crippen LogP contribution in [-0.2, 0) is 4.79 Å². The lowest BCUT2D eigenvalue weighted by Gasteiger charge is -2.13. The third kappa shape index (κ3) is 4.15. The van der Waals surface area contributed by atoms with Gasteiger partial charge in [0.1, 0.15) is 0 Å². The first-order chi connectivity index (χ1) is 7.24. The first-order valence-electron chi connectivity index (χ1n) is 5.05. The summed E-state index contributed by atoms with van der Waals surface area (Å²) in [7, 11) is 0. The number of carbonyl (C=O) groups excluding carboxylic acids is 1. The number of benzene rings is 1. The Bertz CT molecular complexity index is 295. The van der Waals surface area contributed by atoms with Gasteiger partial charge in [0.15, 0.2) is 0 Å². The lowest BCUT2D eigenvalue weighted by atomic mass is 10.1. The van der Waals surface area contributed by atoms with Crippen LogP contribution in [0.4, 0.5) is 0 Å². The topological polar surface area (TPSA) is 29.1 Å². The van der Waals surface area contributed by atoms with Crippen LogP contribution in [0, 0.1) is 19.3 Å². The van der Waals surface area contributed by atoms with Crippen molar-refractivity contribution in [3.05, 3.63) is 55.2 Å². The van der Waals surface area contributed by atoms with E-state index in [2.05, 4.69) is 5.32 Å². The van der Waals surface area contributed by atoms with Crippen molar-refractivity contribution in [3.8, 4) is 0 Å². The predicted octanol–water partition coefficient (Wildman–Crippen LogP) is 2.50. The molecule has 0 bridgehead atoms. The Balaban J connectivity index is 2.42. The molecule has 0 aromatic heterocycles. The van der Waals surface area contributed by atoms with Crippen molar-refractivity contribution in [1.29, 1.82) is 0 Å². The van der Waals surface area contributed by atoms with Crippen LogP contribution in [0.15, 0.2) is 30.3 Å². The van der Waals surface area contributed by atoms with Crippen LogP contribution in [0.5, 0.6) is 0 Å². The smallest absolute Gasteiger partial charge is 0.224 e. The fraction of sp³-hybridized carbons (Fsp3) is 0.231. The van der Waals surface area contributed by atoms with E-state index < -0.39 is 0 Å². The summed E-state index contributed by atoms with van der Waals surface area (Å²) in [5.74, 6) is -0.0653. The van der Waals surface area contributed by atoms with Gasteiger partial charge in [-0.15, -0.1) is 0 Å². The summed E-state index contributed by atoms with van der Waals surface area (Å²) in [5.41, 5.74) is 1.11. The standard InChI is InChI=1S/C13H16NO/c1-3-4-10-13(15)14-11(2)12-8-6-5-7-9-12/h3-11H,1-2H3,(H,14,15)/t11-/m1/s1. The highest BCUT2D eigenvalue weighted by Gasteiger charge is 2.08. The molecule has 1 aromatic carbocycles. The molecule has 0 spiro atoms. The number of hydrogen-bond donors (Lipinski definition) is 1. The molecule has 3 radical (unpaired) electrons. The molecule has 1 rings (SSSR count). The largest absolute Gasteiger partial charge is 0.349 e. The van der Waals surface area contributed by atoms with E-state index in [0.717, 1.165) is 5.56 Å². The van der Waals surface area contributed by atoms with Crippen LogP contribution in [0.3, 0.4) is 0 Å². The van der Waals surface area contributed by atoms with Gasteiger partial charge < -0.3 is 5.32 Å². The first-order valence-corrected chi connectivity index (χ1v) is 5.05. The van der Waals surface area contributed by atoms with Crippen LogP contribution in [0.2, 0.25) is 0 Å². The van der Waals surface area contributed by atoms with Crippen molar-refractivity contribution >= 4 is 5.91 Å². The number of amides is 1. The molecule has 0 heterocycles. The molecule has 0 aliphatic carbocycles. The summed E-state index contributed by atoms with van der Waals surface area (Å²) < 4.78 is 0. The van der Waals surface area contributed by atoms with E-state index in [9.17, 15) is 4.79 Å². The highest BCUT2D eigenvalue weighted by Crippen LogP contribution is 2.11. The monoisotopic (exact) mass is 202 g/mol. The van der Waals surface area contributed by atoms with Gasteiger partial charge in [0.05, 0.1) is 12.5 Å². The summed E-state index contributed by atoms with van der Waals surface area (Å²) in [6.07, 6.45) is 5.08. The zero-order valence-electron chi connectivity index (χ0n) is 9.10. The second-order valence-electron chi connectivity index (χ2n) is 3.33. The van der Waals surface area contributed by atoms with Gasteiger partial charge in [0.2, 0.25) is 5.91 Å². The summed E-state index contributed by atoms with van der Waals surface area (Å²) >= 11 is 0. The molecule has 1 atom stereocenters. The first kappa shape index (κ1) is 11.8. The zero-order valence-corrected chi connectivity index (χ0v) is 9.10. The van der Waals surface area contributed by atoms with Crippen LogP contribution in [0.25, 0.3) is 0 Å². The van der Waals surface area contributed by atoms with E-state index >= 15 is 0 Å². The Kier molecular flexibility index (Phi) is 4.88. The third-order valence-corrected chi connectivity index (χ3v) is 2.10. The number of unbranched alkanes of at least 4 members (excludes halogenated alkanes) is 1. The SMILES string of the molecule is C[CH][CH][CH]C(=O)N[C@H](C)c1ccccc1. The average molecular weight is 202 g/mol. The van der Waals surface area contributed by atoms with Gasteiger partial charge in [-0.2, -0.15) is 0 Å². The quantitative estimate of drug-likeness (QED) is 0.781. The van der Waals surface area contributed by atoms with E-state index in [-0.39, 0.29) is 11.9 Å². The number of hydrogen-bond acceptors (Lipinski definition) is 1. The van der Waals surface area contributed by atoms with Crippen molar-refractivity contribution in [1.82, 2.24) is 5.32 Å². The number of rotatable bonds is 5. The minimum Gasteiger partial charge on any atom is -0.349 e. The fourth-order valence-electron chi connectivity index (χ4n) is 1.27. The van der Waals surface area contributed by atoms with Crippen LogP contribution in [0.1, 0.15) is 25.5 Å². The molecule has 0 saturated heterocycles. The molecule has 15 heavy (non-hydrogen) atoms. The molecule has 79 valence electrons. The minimum absolute atomic E-state index is 0.0419. The maximum absolute atomic E-state index is 11.4. The Morgan fingerprint density at radius 2 is 2.00 bits per heavy atom. The van der Waals surface area contributed by atoms with Crippen molar-refractivity contribution in [3.63, 3.8) is 0 Å². The van der Waals surface area contributed by atoms with Crippen LogP contribution < -0.4 is 5.32 Å². The van der Waals surface area contributed by atoms with E-state index in [1.165, 1.54) is 6.42 Å². The third-order valence-electron chi connectivity index (χ3n) is 2.10. The summed E-state index contributed by atoms with van der Waals surface area (Å²) in [5, 5.41) is 2.89. The molecule has 0 fully saturated rings. The summed E-state index contributed by atoms with van der Waals surface area (Å²) in [6.45, 7) is 3.85. The van der Waals surface area contributed by atoms with Crippen molar-refractivity contribution in [2.24, 2.45) is 0 Å². The molecule has 1 aromatic rings.